The number of nitro benzene ring substituents is 1. The zero-order valence-corrected chi connectivity index (χ0v) is 26.3. The van der Waals surface area contributed by atoms with E-state index < -0.39 is 39.3 Å². The molecule has 0 heterocycles. The Morgan fingerprint density at radius 2 is 1.51 bits per heavy atom. The summed E-state index contributed by atoms with van der Waals surface area (Å²) in [7, 11) is -4.39. The van der Waals surface area contributed by atoms with Crippen molar-refractivity contribution in [1.29, 1.82) is 0 Å². The summed E-state index contributed by atoms with van der Waals surface area (Å²) in [5, 5.41) is 14.8. The summed E-state index contributed by atoms with van der Waals surface area (Å²) in [5.74, 6) is -1.14. The monoisotopic (exact) mass is 648 g/mol. The fourth-order valence-electron chi connectivity index (χ4n) is 4.75. The van der Waals surface area contributed by atoms with Crippen LogP contribution in [0.3, 0.4) is 0 Å². The first-order valence-corrected chi connectivity index (χ1v) is 16.0. The van der Waals surface area contributed by atoms with Crippen molar-refractivity contribution in [3.05, 3.63) is 135 Å². The molecule has 0 bridgehead atoms. The number of hydrogen-bond acceptors (Lipinski definition) is 6. The first-order chi connectivity index (χ1) is 21.5. The number of amides is 2. The number of carbonyl (C=O) groups excluding carboxylic acids is 2. The van der Waals surface area contributed by atoms with E-state index in [4.69, 9.17) is 11.6 Å². The molecule has 0 fully saturated rings. The van der Waals surface area contributed by atoms with Crippen LogP contribution >= 0.6 is 11.6 Å². The molecule has 10 nitrogen and oxygen atoms in total. The van der Waals surface area contributed by atoms with Gasteiger partial charge >= 0.3 is 0 Å². The summed E-state index contributed by atoms with van der Waals surface area (Å²) in [4.78, 5) is 40.3. The molecule has 234 valence electrons. The number of carbonyl (C=O) groups is 2. The highest BCUT2D eigenvalue weighted by Crippen LogP contribution is 2.28. The molecule has 0 saturated carbocycles. The predicted molar refractivity (Wildman–Crippen MR) is 173 cm³/mol. The molecule has 1 atom stereocenters. The van der Waals surface area contributed by atoms with Crippen molar-refractivity contribution in [2.75, 3.05) is 10.8 Å². The molecule has 4 aromatic rings. The quantitative estimate of drug-likeness (QED) is 0.148. The maximum Gasteiger partial charge on any atom is 0.271 e. The lowest BCUT2D eigenvalue weighted by Crippen LogP contribution is -2.54. The number of anilines is 1. The Morgan fingerprint density at radius 1 is 0.889 bits per heavy atom. The third kappa shape index (κ3) is 8.46. The molecule has 0 saturated heterocycles. The van der Waals surface area contributed by atoms with Crippen LogP contribution in [-0.4, -0.2) is 48.7 Å². The van der Waals surface area contributed by atoms with E-state index in [0.717, 1.165) is 15.9 Å². The highest BCUT2D eigenvalue weighted by molar-refractivity contribution is 7.92. The third-order valence-corrected chi connectivity index (χ3v) is 9.10. The molecule has 0 aliphatic rings. The third-order valence-electron chi connectivity index (χ3n) is 6.94. The van der Waals surface area contributed by atoms with Crippen molar-refractivity contribution in [1.82, 2.24) is 10.2 Å². The molecule has 45 heavy (non-hydrogen) atoms. The van der Waals surface area contributed by atoms with Gasteiger partial charge in [0.05, 0.1) is 15.5 Å². The zero-order chi connectivity index (χ0) is 32.6. The maximum absolute atomic E-state index is 14.4. The molecule has 0 spiro atoms. The Bertz CT molecular complexity index is 1750. The van der Waals surface area contributed by atoms with Crippen LogP contribution in [0, 0.1) is 10.1 Å². The Labute approximate surface area is 267 Å². The lowest BCUT2D eigenvalue weighted by Gasteiger charge is -2.34. The van der Waals surface area contributed by atoms with Crippen LogP contribution in [0.1, 0.15) is 25.0 Å². The van der Waals surface area contributed by atoms with Crippen LogP contribution in [-0.2, 0) is 32.6 Å². The largest absolute Gasteiger partial charge is 0.352 e. The fourth-order valence-corrected chi connectivity index (χ4v) is 6.38. The van der Waals surface area contributed by atoms with Crippen molar-refractivity contribution in [3.8, 4) is 0 Å². The van der Waals surface area contributed by atoms with Gasteiger partial charge in [-0.1, -0.05) is 84.4 Å². The smallest absolute Gasteiger partial charge is 0.271 e. The summed E-state index contributed by atoms with van der Waals surface area (Å²) in [5.41, 5.74) is 0.909. The molecule has 12 heteroatoms. The number of nitro groups is 1. The topological polar surface area (TPSA) is 130 Å². The van der Waals surface area contributed by atoms with Gasteiger partial charge in [0.2, 0.25) is 11.8 Å². The van der Waals surface area contributed by atoms with Gasteiger partial charge in [-0.25, -0.2) is 8.42 Å². The molecular formula is C33H33ClN4O6S. The number of nitrogens with one attached hydrogen (secondary N) is 1. The molecular weight excluding hydrogens is 616 g/mol. The minimum Gasteiger partial charge on any atom is -0.352 e. The molecule has 4 aromatic carbocycles. The SMILES string of the molecule is CC(C)NC(=O)C(Cc1ccccc1)N(Cc1ccccc1Cl)C(=O)CN(c1cccc([N+](=O)[O-])c1)S(=O)(=O)c1ccccc1. The van der Waals surface area contributed by atoms with Crippen molar-refractivity contribution in [2.45, 2.75) is 43.8 Å². The van der Waals surface area contributed by atoms with Gasteiger partial charge in [-0.3, -0.25) is 24.0 Å². The average molecular weight is 649 g/mol. The zero-order valence-electron chi connectivity index (χ0n) is 24.7. The molecule has 0 aliphatic carbocycles. The summed E-state index contributed by atoms with van der Waals surface area (Å²) >= 11 is 6.49. The number of halogens is 1. The molecule has 1 N–H and O–H groups in total. The van der Waals surface area contributed by atoms with E-state index in [-0.39, 0.29) is 35.3 Å². The van der Waals surface area contributed by atoms with Gasteiger partial charge in [-0.15, -0.1) is 0 Å². The molecule has 2 amide bonds. The van der Waals surface area contributed by atoms with E-state index in [1.165, 1.54) is 47.4 Å². The van der Waals surface area contributed by atoms with Crippen molar-refractivity contribution in [3.63, 3.8) is 0 Å². The van der Waals surface area contributed by atoms with E-state index in [9.17, 15) is 28.1 Å². The molecule has 1 unspecified atom stereocenters. The van der Waals surface area contributed by atoms with Crippen molar-refractivity contribution >= 4 is 44.8 Å². The highest BCUT2D eigenvalue weighted by Gasteiger charge is 2.35. The maximum atomic E-state index is 14.4. The van der Waals surface area contributed by atoms with Crippen LogP contribution in [0.2, 0.25) is 5.02 Å². The Balaban J connectivity index is 1.84. The second-order valence-electron chi connectivity index (χ2n) is 10.6. The van der Waals surface area contributed by atoms with E-state index in [2.05, 4.69) is 5.32 Å². The number of benzene rings is 4. The van der Waals surface area contributed by atoms with E-state index in [0.29, 0.717) is 10.6 Å². The van der Waals surface area contributed by atoms with Crippen molar-refractivity contribution in [2.24, 2.45) is 0 Å². The standard InChI is InChI=1S/C33H33ClN4O6S/c1-24(2)35-33(40)31(20-25-12-5-3-6-13-25)36(22-26-14-9-10-19-30(26)34)32(39)23-37(27-15-11-16-28(21-27)38(41)42)45(43,44)29-17-7-4-8-18-29/h3-19,21,24,31H,20,22-23H2,1-2H3,(H,35,40). The number of nitrogens with zero attached hydrogens (tertiary/aromatic N) is 3. The lowest BCUT2D eigenvalue weighted by atomic mass is 10.0. The van der Waals surface area contributed by atoms with E-state index in [1.54, 1.807) is 44.2 Å². The fraction of sp³-hybridized carbons (Fsp3) is 0.212. The molecule has 0 radical (unpaired) electrons. The summed E-state index contributed by atoms with van der Waals surface area (Å²) in [6.45, 7) is 2.75. The van der Waals surface area contributed by atoms with E-state index >= 15 is 0 Å². The summed E-state index contributed by atoms with van der Waals surface area (Å²) in [6, 6.07) is 27.3. The van der Waals surface area contributed by atoms with Crippen LogP contribution in [0.5, 0.6) is 0 Å². The number of sulfonamides is 1. The number of rotatable bonds is 13. The van der Waals surface area contributed by atoms with Crippen LogP contribution in [0.15, 0.2) is 114 Å². The van der Waals surface area contributed by atoms with Gasteiger partial charge in [-0.2, -0.15) is 0 Å². The molecule has 0 aromatic heterocycles. The summed E-state index contributed by atoms with van der Waals surface area (Å²) < 4.78 is 28.8. The minimum absolute atomic E-state index is 0.0784. The second-order valence-corrected chi connectivity index (χ2v) is 12.9. The Morgan fingerprint density at radius 3 is 2.13 bits per heavy atom. The lowest BCUT2D eigenvalue weighted by molar-refractivity contribution is -0.384. The van der Waals surface area contributed by atoms with Crippen molar-refractivity contribution < 1.29 is 22.9 Å². The van der Waals surface area contributed by atoms with Crippen LogP contribution in [0.25, 0.3) is 0 Å². The second kappa shape index (κ2) is 14.8. The average Bonchev–Trinajstić information content (AvgIpc) is 3.02. The Kier molecular flexibility index (Phi) is 10.9. The first-order valence-electron chi connectivity index (χ1n) is 14.2. The van der Waals surface area contributed by atoms with Crippen LogP contribution in [0.4, 0.5) is 11.4 Å². The summed E-state index contributed by atoms with van der Waals surface area (Å²) in [6.07, 6.45) is 0.137. The number of hydrogen-bond donors (Lipinski definition) is 1. The molecule has 0 aliphatic heterocycles. The minimum atomic E-state index is -4.39. The predicted octanol–water partition coefficient (Wildman–Crippen LogP) is 5.61. The molecule has 4 rings (SSSR count). The van der Waals surface area contributed by atoms with Gasteiger partial charge < -0.3 is 10.2 Å². The first kappa shape index (κ1) is 33.2. The highest BCUT2D eigenvalue weighted by atomic mass is 35.5. The van der Waals surface area contributed by atoms with Gasteiger partial charge in [0.25, 0.3) is 15.7 Å². The number of non-ortho nitro benzene ring substituents is 1. The van der Waals surface area contributed by atoms with Gasteiger partial charge in [0, 0.05) is 36.2 Å². The van der Waals surface area contributed by atoms with Gasteiger partial charge in [-0.05, 0) is 49.2 Å². The Hall–Kier alpha value is -4.74. The van der Waals surface area contributed by atoms with Gasteiger partial charge in [0.1, 0.15) is 12.6 Å². The van der Waals surface area contributed by atoms with E-state index in [1.807, 2.05) is 30.3 Å². The van der Waals surface area contributed by atoms with Crippen LogP contribution < -0.4 is 9.62 Å². The van der Waals surface area contributed by atoms with Gasteiger partial charge in [0.15, 0.2) is 0 Å². The normalized spacial score (nSPS) is 11.9.